The van der Waals surface area contributed by atoms with Crippen molar-refractivity contribution in [3.05, 3.63) is 0 Å². The van der Waals surface area contributed by atoms with Gasteiger partial charge in [0.05, 0.1) is 18.8 Å². The summed E-state index contributed by atoms with van der Waals surface area (Å²) in [4.78, 5) is 22.3. The van der Waals surface area contributed by atoms with Gasteiger partial charge in [-0.05, 0) is 0 Å². The lowest BCUT2D eigenvalue weighted by Gasteiger charge is -2.44. The first-order chi connectivity index (χ1) is 10.2. The molecule has 0 spiro atoms. The second-order valence-corrected chi connectivity index (χ2v) is 4.78. The molecule has 7 N–H and O–H groups in total. The molecule has 6 atom stereocenters. The van der Waals surface area contributed by atoms with Gasteiger partial charge in [-0.25, -0.2) is 4.79 Å². The van der Waals surface area contributed by atoms with E-state index in [1.807, 2.05) is 0 Å². The van der Waals surface area contributed by atoms with Gasteiger partial charge in [-0.2, -0.15) is 0 Å². The third-order valence-electron chi connectivity index (χ3n) is 3.17. The maximum Gasteiger partial charge on any atom is 0.364 e. The second-order valence-electron chi connectivity index (χ2n) is 4.78. The Kier molecular flexibility index (Phi) is 5.08. The van der Waals surface area contributed by atoms with Gasteiger partial charge >= 0.3 is 5.97 Å². The number of aliphatic hydroxyl groups excluding tert-OH is 4. The molecule has 0 saturated carbocycles. The molecular formula is C11H19NO9. The Hall–Kier alpha value is -1.30. The summed E-state index contributed by atoms with van der Waals surface area (Å²) in [5.74, 6) is -5.50. The molecule has 1 saturated heterocycles. The van der Waals surface area contributed by atoms with Crippen LogP contribution in [0.3, 0.4) is 0 Å². The molecule has 122 valence electrons. The summed E-state index contributed by atoms with van der Waals surface area (Å²) >= 11 is 0. The van der Waals surface area contributed by atoms with Gasteiger partial charge in [0.2, 0.25) is 5.91 Å². The standard InChI is InChI=1S/C11H19NO9/c1-4(14)12-7-5(15)2-11(20,10(18)19)21-9(7)8(17)6(16)3-13/h5-9,13,15-17,20H,2-3H2,1H3,(H,12,14)(H,18,19)/t5-,6+,7+,8+,9+,11-/m0/s1/i1D. The summed E-state index contributed by atoms with van der Waals surface area (Å²) in [5, 5.41) is 59.0. The molecular weight excluding hydrogens is 290 g/mol. The molecule has 0 aliphatic carbocycles. The van der Waals surface area contributed by atoms with Crippen LogP contribution in [0, 0.1) is 0 Å². The number of carbonyl (C=O) groups is 2. The van der Waals surface area contributed by atoms with E-state index >= 15 is 0 Å². The van der Waals surface area contributed by atoms with Crippen LogP contribution in [0.25, 0.3) is 0 Å². The van der Waals surface area contributed by atoms with Crippen LogP contribution in [0.4, 0.5) is 0 Å². The molecule has 1 aliphatic heterocycles. The van der Waals surface area contributed by atoms with E-state index in [2.05, 4.69) is 5.32 Å². The minimum Gasteiger partial charge on any atom is -0.477 e. The summed E-state index contributed by atoms with van der Waals surface area (Å²) in [5.41, 5.74) is 0. The molecule has 1 rings (SSSR count). The molecule has 0 aromatic rings. The van der Waals surface area contributed by atoms with E-state index < -0.39 is 68.0 Å². The number of nitrogens with one attached hydrogen (secondary N) is 1. The van der Waals surface area contributed by atoms with Crippen molar-refractivity contribution >= 4 is 11.9 Å². The highest BCUT2D eigenvalue weighted by Crippen LogP contribution is 2.30. The van der Waals surface area contributed by atoms with E-state index in [0.717, 1.165) is 0 Å². The fourth-order valence-electron chi connectivity index (χ4n) is 2.09. The van der Waals surface area contributed by atoms with E-state index in [4.69, 9.17) is 16.3 Å². The molecule has 10 nitrogen and oxygen atoms in total. The summed E-state index contributed by atoms with van der Waals surface area (Å²) < 4.78 is 11.8. The Morgan fingerprint density at radius 3 is 2.62 bits per heavy atom. The molecule has 0 aromatic carbocycles. The predicted molar refractivity (Wildman–Crippen MR) is 64.8 cm³/mol. The minimum atomic E-state index is -2.83. The lowest BCUT2D eigenvalue weighted by molar-refractivity contribution is -0.295. The lowest BCUT2D eigenvalue weighted by atomic mass is 9.88. The Bertz CT molecular complexity index is 422. The number of carboxylic acids is 1. The first kappa shape index (κ1) is 16.1. The van der Waals surface area contributed by atoms with Crippen molar-refractivity contribution in [2.24, 2.45) is 0 Å². The number of carbonyl (C=O) groups excluding carboxylic acids is 1. The number of aliphatic carboxylic acids is 1. The Labute approximate surface area is 121 Å². The summed E-state index contributed by atoms with van der Waals surface area (Å²) in [6, 6.07) is -1.38. The van der Waals surface area contributed by atoms with E-state index in [0.29, 0.717) is 0 Å². The predicted octanol–water partition coefficient (Wildman–Crippen LogP) is -3.87. The smallest absolute Gasteiger partial charge is 0.364 e. The average molecular weight is 310 g/mol. The molecule has 0 aromatic heterocycles. The van der Waals surface area contributed by atoms with Gasteiger partial charge in [0.15, 0.2) is 0 Å². The van der Waals surface area contributed by atoms with Crippen molar-refractivity contribution in [2.45, 2.75) is 49.6 Å². The first-order valence-electron chi connectivity index (χ1n) is 6.74. The van der Waals surface area contributed by atoms with Crippen molar-refractivity contribution in [1.29, 1.82) is 0 Å². The van der Waals surface area contributed by atoms with Crippen molar-refractivity contribution in [3.63, 3.8) is 0 Å². The van der Waals surface area contributed by atoms with Gasteiger partial charge < -0.3 is 40.7 Å². The Balaban J connectivity index is 3.07. The number of hydrogen-bond donors (Lipinski definition) is 7. The second kappa shape index (κ2) is 6.64. The zero-order valence-electron chi connectivity index (χ0n) is 11.9. The first-order valence-corrected chi connectivity index (χ1v) is 6.03. The molecule has 10 heteroatoms. The Morgan fingerprint density at radius 2 is 2.14 bits per heavy atom. The molecule has 1 fully saturated rings. The summed E-state index contributed by atoms with van der Waals surface area (Å²) in [6.45, 7) is -1.60. The van der Waals surface area contributed by atoms with E-state index in [-0.39, 0.29) is 0 Å². The highest BCUT2D eigenvalue weighted by molar-refractivity contribution is 5.76. The fourth-order valence-corrected chi connectivity index (χ4v) is 2.09. The number of aliphatic hydroxyl groups is 5. The molecule has 21 heavy (non-hydrogen) atoms. The van der Waals surface area contributed by atoms with Crippen LogP contribution in [0.15, 0.2) is 0 Å². The third kappa shape index (κ3) is 3.87. The lowest BCUT2D eigenvalue weighted by Crippen LogP contribution is -2.67. The van der Waals surface area contributed by atoms with Crippen LogP contribution in [0.2, 0.25) is 0 Å². The van der Waals surface area contributed by atoms with Gasteiger partial charge in [0.25, 0.3) is 5.79 Å². The van der Waals surface area contributed by atoms with Gasteiger partial charge in [0.1, 0.15) is 18.3 Å². The maximum absolute atomic E-state index is 11.3. The van der Waals surface area contributed by atoms with Crippen LogP contribution in [0.5, 0.6) is 0 Å². The van der Waals surface area contributed by atoms with Crippen LogP contribution >= 0.6 is 0 Å². The number of rotatable bonds is 5. The molecule has 1 amide bonds. The van der Waals surface area contributed by atoms with E-state index in [9.17, 15) is 30.0 Å². The van der Waals surface area contributed by atoms with E-state index in [1.165, 1.54) is 0 Å². The van der Waals surface area contributed by atoms with Gasteiger partial charge in [-0.1, -0.05) is 0 Å². The van der Waals surface area contributed by atoms with E-state index in [1.54, 1.807) is 0 Å². The third-order valence-corrected chi connectivity index (χ3v) is 3.17. The van der Waals surface area contributed by atoms with Gasteiger partial charge in [-0.3, -0.25) is 4.79 Å². The average Bonchev–Trinajstić information content (AvgIpc) is 2.47. The van der Waals surface area contributed by atoms with Crippen molar-refractivity contribution in [3.8, 4) is 0 Å². The monoisotopic (exact) mass is 310 g/mol. The zero-order chi connectivity index (χ0) is 17.1. The molecule has 1 heterocycles. The molecule has 0 bridgehead atoms. The van der Waals surface area contributed by atoms with Crippen molar-refractivity contribution in [2.75, 3.05) is 6.61 Å². The number of hydrogen-bond acceptors (Lipinski definition) is 8. The quantitative estimate of drug-likeness (QED) is 0.267. The van der Waals surface area contributed by atoms with Crippen LogP contribution in [-0.2, 0) is 14.3 Å². The molecule has 1 aliphatic rings. The maximum atomic E-state index is 11.3. The minimum absolute atomic E-state index is 0.697. The highest BCUT2D eigenvalue weighted by atomic mass is 16.7. The summed E-state index contributed by atoms with van der Waals surface area (Å²) in [7, 11) is 0. The highest BCUT2D eigenvalue weighted by Gasteiger charge is 2.53. The van der Waals surface area contributed by atoms with Crippen LogP contribution in [0.1, 0.15) is 14.7 Å². The van der Waals surface area contributed by atoms with Crippen molar-refractivity contribution in [1.82, 2.24) is 5.32 Å². The van der Waals surface area contributed by atoms with Crippen LogP contribution < -0.4 is 5.32 Å². The number of amides is 1. The molecule has 0 radical (unpaired) electrons. The normalized spacial score (nSPS) is 36.4. The summed E-state index contributed by atoms with van der Waals surface area (Å²) in [6.07, 6.45) is -7.81. The van der Waals surface area contributed by atoms with Gasteiger partial charge in [0, 0.05) is 14.7 Å². The molecule has 0 unspecified atom stereocenters. The number of ether oxygens (including phenoxy) is 1. The van der Waals surface area contributed by atoms with Crippen molar-refractivity contribution < 1.29 is 46.3 Å². The fraction of sp³-hybridized carbons (Fsp3) is 0.818. The zero-order valence-corrected chi connectivity index (χ0v) is 10.9. The van der Waals surface area contributed by atoms with Crippen LogP contribution in [-0.4, -0.2) is 85.4 Å². The topological polar surface area (TPSA) is 177 Å². The van der Waals surface area contributed by atoms with Gasteiger partial charge in [-0.15, -0.1) is 0 Å². The SMILES string of the molecule is [2H]CC(=O)N[C@H]1[C@H]([C@H](O)[C@H](O)CO)O[C@](O)(C(=O)O)C[C@@H]1O. The Morgan fingerprint density at radius 1 is 1.52 bits per heavy atom. The largest absolute Gasteiger partial charge is 0.477 e. The number of carboxylic acid groups (broad SMARTS) is 1.